The zero-order valence-corrected chi connectivity index (χ0v) is 12.2. The van der Waals surface area contributed by atoms with Crippen molar-refractivity contribution in [1.82, 2.24) is 14.5 Å². The smallest absolute Gasteiger partial charge is 0.203 e. The van der Waals surface area contributed by atoms with Crippen LogP contribution in [0.5, 0.6) is 0 Å². The van der Waals surface area contributed by atoms with Gasteiger partial charge in [0, 0.05) is 37.5 Å². The van der Waals surface area contributed by atoms with Crippen molar-refractivity contribution in [2.24, 2.45) is 0 Å². The van der Waals surface area contributed by atoms with Crippen LogP contribution in [0.25, 0.3) is 0 Å². The van der Waals surface area contributed by atoms with Crippen LogP contribution in [-0.4, -0.2) is 34.3 Å². The third-order valence-corrected chi connectivity index (χ3v) is 3.49. The van der Waals surface area contributed by atoms with Gasteiger partial charge in [-0.1, -0.05) is 0 Å². The summed E-state index contributed by atoms with van der Waals surface area (Å²) < 4.78 is 7.38. The van der Waals surface area contributed by atoms with Gasteiger partial charge in [-0.3, -0.25) is 0 Å². The van der Waals surface area contributed by atoms with E-state index < -0.39 is 0 Å². The topological polar surface area (TPSA) is 52.0 Å². The van der Waals surface area contributed by atoms with Gasteiger partial charge in [0.1, 0.15) is 0 Å². The molecule has 0 aliphatic carbocycles. The van der Waals surface area contributed by atoms with E-state index in [0.29, 0.717) is 0 Å². The van der Waals surface area contributed by atoms with Crippen LogP contribution >= 0.6 is 11.3 Å². The van der Waals surface area contributed by atoms with Crippen LogP contribution in [0.3, 0.4) is 0 Å². The van der Waals surface area contributed by atoms with Crippen LogP contribution < -0.4 is 5.32 Å². The Balaban J connectivity index is 1.83. The Bertz CT molecular complexity index is 494. The predicted octanol–water partition coefficient (Wildman–Crippen LogP) is 2.53. The minimum atomic E-state index is 0.762. The van der Waals surface area contributed by atoms with Gasteiger partial charge in [0.05, 0.1) is 17.2 Å². The molecule has 0 atom stereocenters. The summed E-state index contributed by atoms with van der Waals surface area (Å²) in [7, 11) is 0. The quantitative estimate of drug-likeness (QED) is 0.755. The van der Waals surface area contributed by atoms with Gasteiger partial charge in [-0.2, -0.15) is 0 Å². The van der Waals surface area contributed by atoms with Crippen LogP contribution in [-0.2, 0) is 11.3 Å². The first-order valence-corrected chi connectivity index (χ1v) is 7.41. The number of aryl methyl sites for hydroxylation is 1. The van der Waals surface area contributed by atoms with Crippen molar-refractivity contribution in [1.29, 1.82) is 0 Å². The molecular formula is C13H20N4OS. The lowest BCUT2D eigenvalue weighted by Gasteiger charge is -2.08. The van der Waals surface area contributed by atoms with Crippen molar-refractivity contribution >= 4 is 17.3 Å². The highest BCUT2D eigenvalue weighted by Crippen LogP contribution is 2.12. The molecule has 5 nitrogen and oxygen atoms in total. The maximum absolute atomic E-state index is 5.31. The van der Waals surface area contributed by atoms with Crippen LogP contribution in [0.15, 0.2) is 17.8 Å². The van der Waals surface area contributed by atoms with Gasteiger partial charge in [-0.25, -0.2) is 9.97 Å². The van der Waals surface area contributed by atoms with E-state index in [1.54, 1.807) is 11.3 Å². The van der Waals surface area contributed by atoms with E-state index in [4.69, 9.17) is 4.74 Å². The highest BCUT2D eigenvalue weighted by Gasteiger charge is 2.05. The van der Waals surface area contributed by atoms with Crippen molar-refractivity contribution in [3.8, 4) is 0 Å². The van der Waals surface area contributed by atoms with E-state index in [2.05, 4.69) is 25.2 Å². The summed E-state index contributed by atoms with van der Waals surface area (Å²) in [5.74, 6) is 0.891. The zero-order chi connectivity index (χ0) is 13.5. The van der Waals surface area contributed by atoms with Gasteiger partial charge in [0.25, 0.3) is 0 Å². The number of nitrogens with zero attached hydrogens (tertiary/aromatic N) is 3. The van der Waals surface area contributed by atoms with Gasteiger partial charge < -0.3 is 14.6 Å². The summed E-state index contributed by atoms with van der Waals surface area (Å²) in [6.45, 7) is 7.23. The minimum Gasteiger partial charge on any atom is -0.382 e. The maximum atomic E-state index is 5.31. The lowest BCUT2D eigenvalue weighted by Crippen LogP contribution is -2.11. The molecule has 2 aromatic rings. The summed E-state index contributed by atoms with van der Waals surface area (Å²) >= 11 is 1.68. The van der Waals surface area contributed by atoms with Crippen LogP contribution in [0.1, 0.15) is 24.0 Å². The standard InChI is InChI=1S/C13H20N4OS/c1-3-18-8-4-5-14-13-15-6-7-17(13)9-12-10-19-11(2)16-12/h6-7,10H,3-5,8-9H2,1-2H3,(H,14,15). The second-order valence-electron chi connectivity index (χ2n) is 4.21. The predicted molar refractivity (Wildman–Crippen MR) is 77.8 cm³/mol. The van der Waals surface area contributed by atoms with Crippen molar-refractivity contribution in [2.45, 2.75) is 26.8 Å². The molecule has 6 heteroatoms. The lowest BCUT2D eigenvalue weighted by molar-refractivity contribution is 0.147. The molecule has 0 amide bonds. The molecule has 1 N–H and O–H groups in total. The average Bonchev–Trinajstić information content (AvgIpc) is 3.00. The fourth-order valence-electron chi connectivity index (χ4n) is 1.78. The number of hydrogen-bond donors (Lipinski definition) is 1. The van der Waals surface area contributed by atoms with E-state index >= 15 is 0 Å². The van der Waals surface area contributed by atoms with E-state index in [1.807, 2.05) is 26.2 Å². The Kier molecular flexibility index (Phi) is 5.35. The van der Waals surface area contributed by atoms with Crippen LogP contribution in [0, 0.1) is 6.92 Å². The first kappa shape index (κ1) is 14.0. The van der Waals surface area contributed by atoms with Crippen LogP contribution in [0.2, 0.25) is 0 Å². The Morgan fingerprint density at radius 1 is 1.47 bits per heavy atom. The van der Waals surface area contributed by atoms with Gasteiger partial charge in [-0.15, -0.1) is 11.3 Å². The number of aromatic nitrogens is 3. The number of nitrogens with one attached hydrogen (secondary N) is 1. The fraction of sp³-hybridized carbons (Fsp3) is 0.538. The second-order valence-corrected chi connectivity index (χ2v) is 5.28. The van der Waals surface area contributed by atoms with Crippen molar-refractivity contribution in [3.63, 3.8) is 0 Å². The van der Waals surface area contributed by atoms with Gasteiger partial charge in [0.15, 0.2) is 0 Å². The maximum Gasteiger partial charge on any atom is 0.203 e. The molecule has 2 aromatic heterocycles. The Morgan fingerprint density at radius 3 is 3.11 bits per heavy atom. The first-order chi connectivity index (χ1) is 9.29. The zero-order valence-electron chi connectivity index (χ0n) is 11.4. The Hall–Kier alpha value is -1.40. The molecule has 0 saturated heterocycles. The van der Waals surface area contributed by atoms with E-state index in [-0.39, 0.29) is 0 Å². The molecule has 0 saturated carbocycles. The Labute approximate surface area is 117 Å². The molecule has 0 aliphatic heterocycles. The monoisotopic (exact) mass is 280 g/mol. The molecule has 0 aliphatic rings. The third-order valence-electron chi connectivity index (χ3n) is 2.67. The highest BCUT2D eigenvalue weighted by molar-refractivity contribution is 7.09. The van der Waals surface area contributed by atoms with E-state index in [1.165, 1.54) is 0 Å². The number of anilines is 1. The number of hydrogen-bond acceptors (Lipinski definition) is 5. The molecule has 0 spiro atoms. The molecule has 0 aromatic carbocycles. The highest BCUT2D eigenvalue weighted by atomic mass is 32.1. The number of thiazole rings is 1. The second kappa shape index (κ2) is 7.25. The van der Waals surface area contributed by atoms with Gasteiger partial charge >= 0.3 is 0 Å². The van der Waals surface area contributed by atoms with Crippen molar-refractivity contribution in [2.75, 3.05) is 25.1 Å². The summed E-state index contributed by atoms with van der Waals surface area (Å²) in [6, 6.07) is 0. The normalized spacial score (nSPS) is 10.8. The number of imidazole rings is 1. The lowest BCUT2D eigenvalue weighted by atomic mass is 10.4. The Morgan fingerprint density at radius 2 is 2.37 bits per heavy atom. The minimum absolute atomic E-state index is 0.762. The molecular weight excluding hydrogens is 260 g/mol. The molecule has 0 radical (unpaired) electrons. The molecule has 0 unspecified atom stereocenters. The fourth-order valence-corrected chi connectivity index (χ4v) is 2.38. The first-order valence-electron chi connectivity index (χ1n) is 6.53. The van der Waals surface area contributed by atoms with E-state index in [0.717, 1.165) is 49.4 Å². The van der Waals surface area contributed by atoms with Crippen molar-refractivity contribution < 1.29 is 4.74 Å². The third kappa shape index (κ3) is 4.33. The molecule has 2 heterocycles. The molecule has 0 fully saturated rings. The molecule has 0 bridgehead atoms. The summed E-state index contributed by atoms with van der Waals surface area (Å²) in [6.07, 6.45) is 4.76. The summed E-state index contributed by atoms with van der Waals surface area (Å²) in [5.41, 5.74) is 1.08. The molecule has 2 rings (SSSR count). The van der Waals surface area contributed by atoms with E-state index in [9.17, 15) is 0 Å². The largest absolute Gasteiger partial charge is 0.382 e. The SMILES string of the molecule is CCOCCCNc1nccn1Cc1csc(C)n1. The molecule has 104 valence electrons. The average molecular weight is 280 g/mol. The summed E-state index contributed by atoms with van der Waals surface area (Å²) in [4.78, 5) is 8.79. The van der Waals surface area contributed by atoms with Crippen LogP contribution in [0.4, 0.5) is 5.95 Å². The van der Waals surface area contributed by atoms with Crippen molar-refractivity contribution in [3.05, 3.63) is 28.5 Å². The number of rotatable bonds is 8. The summed E-state index contributed by atoms with van der Waals surface area (Å²) in [5, 5.41) is 6.52. The number of ether oxygens (including phenoxy) is 1. The van der Waals surface area contributed by atoms with Gasteiger partial charge in [0.2, 0.25) is 5.95 Å². The molecule has 19 heavy (non-hydrogen) atoms. The van der Waals surface area contributed by atoms with Gasteiger partial charge in [-0.05, 0) is 20.3 Å².